The monoisotopic (exact) mass is 266 g/mol. The van der Waals surface area contributed by atoms with E-state index in [1.54, 1.807) is 0 Å². The molecule has 3 aliphatic rings. The summed E-state index contributed by atoms with van der Waals surface area (Å²) < 4.78 is 0. The number of hydrogen-bond acceptors (Lipinski definition) is 3. The summed E-state index contributed by atoms with van der Waals surface area (Å²) in [4.78, 5) is 2.54. The van der Waals surface area contributed by atoms with Crippen molar-refractivity contribution in [1.82, 2.24) is 4.90 Å². The summed E-state index contributed by atoms with van der Waals surface area (Å²) >= 11 is 0. The summed E-state index contributed by atoms with van der Waals surface area (Å²) in [5, 5.41) is 11.6. The van der Waals surface area contributed by atoms with Crippen molar-refractivity contribution in [3.05, 3.63) is 0 Å². The molecule has 0 aromatic heterocycles. The van der Waals surface area contributed by atoms with Crippen LogP contribution in [-0.4, -0.2) is 41.3 Å². The molecule has 2 aliphatic heterocycles. The van der Waals surface area contributed by atoms with Crippen LogP contribution < -0.4 is 5.73 Å². The molecule has 0 amide bonds. The van der Waals surface area contributed by atoms with E-state index in [-0.39, 0.29) is 5.41 Å². The number of piperidine rings is 1. The van der Waals surface area contributed by atoms with E-state index in [1.165, 1.54) is 38.6 Å². The van der Waals surface area contributed by atoms with Crippen molar-refractivity contribution in [2.24, 2.45) is 17.1 Å². The van der Waals surface area contributed by atoms with Crippen LogP contribution >= 0.6 is 0 Å². The first-order chi connectivity index (χ1) is 9.11. The van der Waals surface area contributed by atoms with Gasteiger partial charge in [0.25, 0.3) is 0 Å². The quantitative estimate of drug-likeness (QED) is 0.805. The molecule has 1 aliphatic carbocycles. The van der Waals surface area contributed by atoms with Crippen LogP contribution in [0.3, 0.4) is 0 Å². The molecule has 0 aromatic carbocycles. The van der Waals surface area contributed by atoms with Gasteiger partial charge in [0.05, 0.1) is 5.60 Å². The van der Waals surface area contributed by atoms with Gasteiger partial charge in [-0.2, -0.15) is 0 Å². The Kier molecular flexibility index (Phi) is 3.65. The Morgan fingerprint density at radius 2 is 2.00 bits per heavy atom. The second-order valence-corrected chi connectivity index (χ2v) is 7.41. The van der Waals surface area contributed by atoms with E-state index >= 15 is 0 Å². The van der Waals surface area contributed by atoms with E-state index in [2.05, 4.69) is 11.8 Å². The summed E-state index contributed by atoms with van der Waals surface area (Å²) in [6, 6.07) is 0.384. The predicted molar refractivity (Wildman–Crippen MR) is 77.9 cm³/mol. The zero-order valence-corrected chi connectivity index (χ0v) is 12.4. The van der Waals surface area contributed by atoms with Gasteiger partial charge >= 0.3 is 0 Å². The molecule has 0 aromatic rings. The van der Waals surface area contributed by atoms with E-state index in [9.17, 15) is 5.11 Å². The van der Waals surface area contributed by atoms with Crippen molar-refractivity contribution in [3.63, 3.8) is 0 Å². The summed E-state index contributed by atoms with van der Waals surface area (Å²) in [5.41, 5.74) is 5.68. The second kappa shape index (κ2) is 5.01. The second-order valence-electron chi connectivity index (χ2n) is 7.41. The molecule has 19 heavy (non-hydrogen) atoms. The maximum absolute atomic E-state index is 11.6. The first kappa shape index (κ1) is 13.8. The van der Waals surface area contributed by atoms with Gasteiger partial charge in [-0.1, -0.05) is 26.2 Å². The van der Waals surface area contributed by atoms with Crippen molar-refractivity contribution in [3.8, 4) is 0 Å². The lowest BCUT2D eigenvalue weighted by molar-refractivity contribution is -0.130. The largest absolute Gasteiger partial charge is 0.388 e. The summed E-state index contributed by atoms with van der Waals surface area (Å²) in [6.45, 7) is 5.26. The number of nitrogens with zero attached hydrogens (tertiary/aromatic N) is 1. The minimum absolute atomic E-state index is 0.0125. The Bertz CT molecular complexity index is 335. The third-order valence-electron chi connectivity index (χ3n) is 6.35. The van der Waals surface area contributed by atoms with Crippen molar-refractivity contribution < 1.29 is 5.11 Å². The molecule has 4 atom stereocenters. The van der Waals surface area contributed by atoms with Crippen LogP contribution in [0.5, 0.6) is 0 Å². The molecule has 3 nitrogen and oxygen atoms in total. The molecule has 2 saturated heterocycles. The van der Waals surface area contributed by atoms with Crippen LogP contribution in [-0.2, 0) is 0 Å². The number of nitrogens with two attached hydrogens (primary N) is 1. The fourth-order valence-corrected chi connectivity index (χ4v) is 5.31. The topological polar surface area (TPSA) is 49.5 Å². The van der Waals surface area contributed by atoms with Crippen molar-refractivity contribution >= 4 is 0 Å². The van der Waals surface area contributed by atoms with Crippen molar-refractivity contribution in [2.75, 3.05) is 19.6 Å². The lowest BCUT2D eigenvalue weighted by Gasteiger charge is -2.53. The Labute approximate surface area is 117 Å². The van der Waals surface area contributed by atoms with Gasteiger partial charge in [-0.25, -0.2) is 0 Å². The van der Waals surface area contributed by atoms with Crippen LogP contribution in [0.15, 0.2) is 0 Å². The first-order valence-electron chi connectivity index (χ1n) is 8.28. The van der Waals surface area contributed by atoms with Crippen LogP contribution in [0.2, 0.25) is 0 Å². The Balaban J connectivity index is 1.88. The molecule has 0 spiro atoms. The Hall–Kier alpha value is -0.120. The molecule has 2 heterocycles. The van der Waals surface area contributed by atoms with Gasteiger partial charge in [0.2, 0.25) is 0 Å². The first-order valence-corrected chi connectivity index (χ1v) is 8.28. The van der Waals surface area contributed by atoms with Crippen molar-refractivity contribution in [1.29, 1.82) is 0 Å². The highest BCUT2D eigenvalue weighted by molar-refractivity contribution is 5.12. The van der Waals surface area contributed by atoms with E-state index in [1.807, 2.05) is 0 Å². The van der Waals surface area contributed by atoms with E-state index in [0.717, 1.165) is 31.7 Å². The molecule has 0 radical (unpaired) electrons. The maximum atomic E-state index is 11.6. The highest BCUT2D eigenvalue weighted by Gasteiger charge is 2.59. The lowest BCUT2D eigenvalue weighted by Crippen LogP contribution is -2.61. The fraction of sp³-hybridized carbons (Fsp3) is 1.00. The van der Waals surface area contributed by atoms with Gasteiger partial charge in [-0.15, -0.1) is 0 Å². The number of hydrogen-bond donors (Lipinski definition) is 2. The minimum atomic E-state index is -0.517. The molecular weight excluding hydrogens is 236 g/mol. The molecule has 3 fully saturated rings. The molecule has 110 valence electrons. The standard InChI is InChI=1S/C16H30N2O/c1-13-5-4-7-15(11-13,12-17)16(19)8-10-18-9-3-2-6-14(16)18/h13-14,19H,2-12,17H2,1H3. The van der Waals surface area contributed by atoms with Gasteiger partial charge < -0.3 is 10.8 Å². The average Bonchev–Trinajstić information content (AvgIpc) is 2.78. The zero-order valence-electron chi connectivity index (χ0n) is 12.4. The van der Waals surface area contributed by atoms with Crippen LogP contribution in [0.1, 0.15) is 58.3 Å². The number of fused-ring (bicyclic) bond motifs is 1. The summed E-state index contributed by atoms with van der Waals surface area (Å²) in [5.74, 6) is 0.721. The van der Waals surface area contributed by atoms with Crippen molar-refractivity contribution in [2.45, 2.75) is 69.9 Å². The van der Waals surface area contributed by atoms with Gasteiger partial charge in [0.1, 0.15) is 0 Å². The highest BCUT2D eigenvalue weighted by atomic mass is 16.3. The molecule has 3 N–H and O–H groups in total. The highest BCUT2D eigenvalue weighted by Crippen LogP contribution is 2.53. The predicted octanol–water partition coefficient (Wildman–Crippen LogP) is 2.13. The molecule has 3 heteroatoms. The van der Waals surface area contributed by atoms with Gasteiger partial charge in [-0.05, 0) is 44.6 Å². The third-order valence-corrected chi connectivity index (χ3v) is 6.35. The van der Waals surface area contributed by atoms with Crippen LogP contribution in [0, 0.1) is 11.3 Å². The Morgan fingerprint density at radius 1 is 1.16 bits per heavy atom. The maximum Gasteiger partial charge on any atom is 0.0882 e. The van der Waals surface area contributed by atoms with Crippen LogP contribution in [0.25, 0.3) is 0 Å². The molecule has 3 rings (SSSR count). The molecule has 4 unspecified atom stereocenters. The summed E-state index contributed by atoms with van der Waals surface area (Å²) in [7, 11) is 0. The lowest BCUT2D eigenvalue weighted by atomic mass is 9.58. The van der Waals surface area contributed by atoms with E-state index < -0.39 is 5.60 Å². The SMILES string of the molecule is CC1CCCC(CN)(C2(O)CCN3CCCCC32)C1. The van der Waals surface area contributed by atoms with Gasteiger partial charge in [0, 0.05) is 24.5 Å². The number of rotatable bonds is 2. The molecule has 0 bridgehead atoms. The van der Waals surface area contributed by atoms with Gasteiger partial charge in [0.15, 0.2) is 0 Å². The minimum Gasteiger partial charge on any atom is -0.388 e. The fourth-order valence-electron chi connectivity index (χ4n) is 5.31. The normalized spacial score (nSPS) is 48.2. The third kappa shape index (κ3) is 2.05. The number of aliphatic hydroxyl groups is 1. The molecule has 1 saturated carbocycles. The van der Waals surface area contributed by atoms with Gasteiger partial charge in [-0.3, -0.25) is 4.90 Å². The van der Waals surface area contributed by atoms with E-state index in [0.29, 0.717) is 12.6 Å². The summed E-state index contributed by atoms with van der Waals surface area (Å²) in [6.07, 6.45) is 9.52. The molecular formula is C16H30N2O. The zero-order chi connectivity index (χ0) is 13.5. The smallest absolute Gasteiger partial charge is 0.0882 e. The average molecular weight is 266 g/mol. The Morgan fingerprint density at radius 3 is 2.74 bits per heavy atom. The van der Waals surface area contributed by atoms with E-state index in [4.69, 9.17) is 5.73 Å². The van der Waals surface area contributed by atoms with Crippen LogP contribution in [0.4, 0.5) is 0 Å².